The first-order chi connectivity index (χ1) is 6.18. The van der Waals surface area contributed by atoms with Crippen LogP contribution in [0.15, 0.2) is 6.20 Å². The Morgan fingerprint density at radius 2 is 2.46 bits per heavy atom. The predicted molar refractivity (Wildman–Crippen MR) is 52.3 cm³/mol. The van der Waals surface area contributed by atoms with Gasteiger partial charge in [-0.25, -0.2) is 4.98 Å². The van der Waals surface area contributed by atoms with Crippen LogP contribution in [0.25, 0.3) is 0 Å². The highest BCUT2D eigenvalue weighted by atomic mass is 15.1. The number of hydrogen-bond donors (Lipinski definition) is 1. The Hall–Kier alpha value is -0.830. The van der Waals surface area contributed by atoms with Crippen LogP contribution in [0.4, 0.5) is 0 Å². The fraction of sp³-hybridized carbons (Fsp3) is 0.700. The van der Waals surface area contributed by atoms with Crippen molar-refractivity contribution in [1.29, 1.82) is 0 Å². The van der Waals surface area contributed by atoms with Crippen LogP contribution in [-0.2, 0) is 13.0 Å². The number of imidazole rings is 1. The summed E-state index contributed by atoms with van der Waals surface area (Å²) in [5.74, 6) is 1.99. The van der Waals surface area contributed by atoms with Crippen LogP contribution in [0.2, 0.25) is 0 Å². The molecule has 2 N–H and O–H groups in total. The van der Waals surface area contributed by atoms with Crippen LogP contribution in [0.1, 0.15) is 37.8 Å². The van der Waals surface area contributed by atoms with Crippen molar-refractivity contribution < 1.29 is 0 Å². The highest BCUT2D eigenvalue weighted by Crippen LogP contribution is 2.22. The third-order valence-electron chi connectivity index (χ3n) is 2.81. The standard InChI is InChI=1S/C10H17N3/c1-7-3-4-13-9(8(2)11)6-12-10(13)5-7/h6-8H,3-5,11H2,1-2H3. The second kappa shape index (κ2) is 3.14. The van der Waals surface area contributed by atoms with Crippen LogP contribution < -0.4 is 5.73 Å². The molecule has 13 heavy (non-hydrogen) atoms. The second-order valence-electron chi connectivity index (χ2n) is 4.14. The molecule has 0 bridgehead atoms. The molecule has 2 atom stereocenters. The zero-order valence-corrected chi connectivity index (χ0v) is 8.33. The first-order valence-electron chi connectivity index (χ1n) is 4.98. The van der Waals surface area contributed by atoms with Crippen molar-refractivity contribution in [2.75, 3.05) is 0 Å². The van der Waals surface area contributed by atoms with Crippen molar-refractivity contribution in [3.8, 4) is 0 Å². The van der Waals surface area contributed by atoms with Crippen molar-refractivity contribution >= 4 is 0 Å². The summed E-state index contributed by atoms with van der Waals surface area (Å²) in [6.45, 7) is 5.39. The highest BCUT2D eigenvalue weighted by Gasteiger charge is 2.19. The van der Waals surface area contributed by atoms with Crippen LogP contribution in [0, 0.1) is 5.92 Å². The average Bonchev–Trinajstić information content (AvgIpc) is 2.46. The molecule has 1 aromatic heterocycles. The molecule has 0 saturated carbocycles. The molecule has 0 amide bonds. The molecule has 2 rings (SSSR count). The lowest BCUT2D eigenvalue weighted by atomic mass is 10.0. The number of fused-ring (bicyclic) bond motifs is 1. The summed E-state index contributed by atoms with van der Waals surface area (Å²) >= 11 is 0. The third-order valence-corrected chi connectivity index (χ3v) is 2.81. The van der Waals surface area contributed by atoms with E-state index in [1.807, 2.05) is 13.1 Å². The number of rotatable bonds is 1. The molecule has 1 aliphatic rings. The molecular formula is C10H17N3. The molecule has 3 nitrogen and oxygen atoms in total. The molecule has 1 aliphatic heterocycles. The van der Waals surface area contributed by atoms with E-state index in [1.54, 1.807) is 0 Å². The molecule has 0 radical (unpaired) electrons. The van der Waals surface area contributed by atoms with Gasteiger partial charge in [0.1, 0.15) is 5.82 Å². The molecular weight excluding hydrogens is 162 g/mol. The van der Waals surface area contributed by atoms with Crippen LogP contribution in [-0.4, -0.2) is 9.55 Å². The Kier molecular flexibility index (Phi) is 2.12. The summed E-state index contributed by atoms with van der Waals surface area (Å²) in [6, 6.07) is 0.106. The van der Waals surface area contributed by atoms with Gasteiger partial charge in [-0.1, -0.05) is 6.92 Å². The highest BCUT2D eigenvalue weighted by molar-refractivity contribution is 5.11. The van der Waals surface area contributed by atoms with Crippen molar-refractivity contribution in [2.24, 2.45) is 11.7 Å². The average molecular weight is 179 g/mol. The SMILES string of the molecule is CC1CCn2c(C(C)N)cnc2C1. The van der Waals surface area contributed by atoms with Crippen molar-refractivity contribution in [3.05, 3.63) is 17.7 Å². The fourth-order valence-corrected chi connectivity index (χ4v) is 1.98. The summed E-state index contributed by atoms with van der Waals surface area (Å²) in [6.07, 6.45) is 4.29. The van der Waals surface area contributed by atoms with E-state index >= 15 is 0 Å². The zero-order chi connectivity index (χ0) is 9.42. The Balaban J connectivity index is 2.33. The number of nitrogens with zero attached hydrogens (tertiary/aromatic N) is 2. The predicted octanol–water partition coefficient (Wildman–Crippen LogP) is 1.49. The topological polar surface area (TPSA) is 43.8 Å². The molecule has 2 heterocycles. The third kappa shape index (κ3) is 1.48. The van der Waals surface area contributed by atoms with Gasteiger partial charge < -0.3 is 10.3 Å². The molecule has 0 aliphatic carbocycles. The quantitative estimate of drug-likeness (QED) is 0.709. The van der Waals surface area contributed by atoms with E-state index in [1.165, 1.54) is 17.9 Å². The Morgan fingerprint density at radius 1 is 1.69 bits per heavy atom. The van der Waals surface area contributed by atoms with E-state index < -0.39 is 0 Å². The second-order valence-corrected chi connectivity index (χ2v) is 4.14. The molecule has 0 saturated heterocycles. The zero-order valence-electron chi connectivity index (χ0n) is 8.33. The number of nitrogens with two attached hydrogens (primary N) is 1. The van der Waals surface area contributed by atoms with E-state index in [0.717, 1.165) is 18.9 Å². The lowest BCUT2D eigenvalue weighted by Crippen LogP contribution is -2.21. The van der Waals surface area contributed by atoms with E-state index in [4.69, 9.17) is 5.73 Å². The molecule has 72 valence electrons. The van der Waals surface area contributed by atoms with Gasteiger partial charge in [0, 0.05) is 19.0 Å². The first kappa shape index (κ1) is 8.75. The Labute approximate surface area is 79.0 Å². The van der Waals surface area contributed by atoms with E-state index in [-0.39, 0.29) is 6.04 Å². The maximum atomic E-state index is 5.86. The molecule has 1 aromatic rings. The monoisotopic (exact) mass is 179 g/mol. The van der Waals surface area contributed by atoms with Gasteiger partial charge in [-0.2, -0.15) is 0 Å². The van der Waals surface area contributed by atoms with Gasteiger partial charge >= 0.3 is 0 Å². The van der Waals surface area contributed by atoms with Crippen LogP contribution in [0.5, 0.6) is 0 Å². The summed E-state index contributed by atoms with van der Waals surface area (Å²) in [7, 11) is 0. The molecule has 3 heteroatoms. The van der Waals surface area contributed by atoms with Gasteiger partial charge in [-0.15, -0.1) is 0 Å². The molecule has 0 aromatic carbocycles. The molecule has 0 spiro atoms. The van der Waals surface area contributed by atoms with Gasteiger partial charge in [0.2, 0.25) is 0 Å². The minimum Gasteiger partial charge on any atom is -0.331 e. The van der Waals surface area contributed by atoms with Crippen molar-refractivity contribution in [1.82, 2.24) is 9.55 Å². The fourth-order valence-electron chi connectivity index (χ4n) is 1.98. The van der Waals surface area contributed by atoms with Crippen molar-refractivity contribution in [3.63, 3.8) is 0 Å². The first-order valence-corrected chi connectivity index (χ1v) is 4.98. The minimum absolute atomic E-state index is 0.106. The van der Waals surface area contributed by atoms with Gasteiger partial charge in [0.25, 0.3) is 0 Å². The van der Waals surface area contributed by atoms with E-state index in [9.17, 15) is 0 Å². The largest absolute Gasteiger partial charge is 0.331 e. The normalized spacial score (nSPS) is 24.1. The van der Waals surface area contributed by atoms with Gasteiger partial charge in [0.15, 0.2) is 0 Å². The van der Waals surface area contributed by atoms with E-state index in [2.05, 4.69) is 16.5 Å². The van der Waals surface area contributed by atoms with E-state index in [0.29, 0.717) is 0 Å². The van der Waals surface area contributed by atoms with Gasteiger partial charge in [0.05, 0.1) is 11.9 Å². The Morgan fingerprint density at radius 3 is 3.15 bits per heavy atom. The summed E-state index contributed by atoms with van der Waals surface area (Å²) < 4.78 is 2.28. The van der Waals surface area contributed by atoms with Gasteiger partial charge in [-0.3, -0.25) is 0 Å². The summed E-state index contributed by atoms with van der Waals surface area (Å²) in [5, 5.41) is 0. The van der Waals surface area contributed by atoms with Crippen LogP contribution >= 0.6 is 0 Å². The maximum absolute atomic E-state index is 5.86. The van der Waals surface area contributed by atoms with Gasteiger partial charge in [-0.05, 0) is 19.3 Å². The lowest BCUT2D eigenvalue weighted by Gasteiger charge is -2.22. The Bertz CT molecular complexity index is 301. The number of hydrogen-bond acceptors (Lipinski definition) is 2. The lowest BCUT2D eigenvalue weighted by molar-refractivity contribution is 0.399. The summed E-state index contributed by atoms with van der Waals surface area (Å²) in [5.41, 5.74) is 7.04. The number of aromatic nitrogens is 2. The van der Waals surface area contributed by atoms with Crippen molar-refractivity contribution in [2.45, 2.75) is 39.3 Å². The van der Waals surface area contributed by atoms with Crippen LogP contribution in [0.3, 0.4) is 0 Å². The molecule has 0 fully saturated rings. The molecule has 2 unspecified atom stereocenters. The smallest absolute Gasteiger partial charge is 0.109 e. The maximum Gasteiger partial charge on any atom is 0.109 e. The minimum atomic E-state index is 0.106. The summed E-state index contributed by atoms with van der Waals surface area (Å²) in [4.78, 5) is 4.41.